The van der Waals surface area contributed by atoms with Crippen molar-refractivity contribution in [3.05, 3.63) is 42.2 Å². The quantitative estimate of drug-likeness (QED) is 0.532. The lowest BCUT2D eigenvalue weighted by atomic mass is 10.3. The number of aromatic nitrogens is 2. The van der Waals surface area contributed by atoms with E-state index < -0.39 is 0 Å². The van der Waals surface area contributed by atoms with E-state index in [1.807, 2.05) is 37.4 Å². The molecule has 0 amide bonds. The fourth-order valence-electron chi connectivity index (χ4n) is 1.58. The number of nitrogens with two attached hydrogens (primary N) is 3. The van der Waals surface area contributed by atoms with Crippen LogP contribution in [0.25, 0.3) is 5.69 Å². The fourth-order valence-corrected chi connectivity index (χ4v) is 1.58. The number of guanidine groups is 2. The monoisotopic (exact) mass is 257 g/mol. The Hall–Kier alpha value is -2.83. The zero-order valence-electron chi connectivity index (χ0n) is 10.5. The molecule has 1 aromatic heterocycles. The molecule has 0 unspecified atom stereocenters. The van der Waals surface area contributed by atoms with Crippen molar-refractivity contribution >= 4 is 17.6 Å². The molecule has 0 spiro atoms. The van der Waals surface area contributed by atoms with Crippen molar-refractivity contribution in [3.8, 4) is 5.69 Å². The maximum atomic E-state index is 5.63. The van der Waals surface area contributed by atoms with Gasteiger partial charge in [0.1, 0.15) is 0 Å². The Bertz CT molecular complexity index is 635. The number of aryl methyl sites for hydroxylation is 1. The zero-order chi connectivity index (χ0) is 13.8. The van der Waals surface area contributed by atoms with Gasteiger partial charge in [-0.15, -0.1) is 0 Å². The van der Waals surface area contributed by atoms with Gasteiger partial charge in [0.15, 0.2) is 5.96 Å². The fraction of sp³-hybridized carbons (Fsp3) is 0.0833. The minimum Gasteiger partial charge on any atom is -0.370 e. The molecule has 2 aromatic rings. The summed E-state index contributed by atoms with van der Waals surface area (Å²) in [5.74, 6) is -0.134. The minimum absolute atomic E-state index is 0.00340. The number of para-hydroxylation sites is 2. The van der Waals surface area contributed by atoms with Crippen LogP contribution in [0.1, 0.15) is 5.69 Å². The SMILES string of the molecule is Cc1ccn(-c2ccccc2N=C(N)N=C(N)N)n1. The van der Waals surface area contributed by atoms with Gasteiger partial charge in [-0.05, 0) is 25.1 Å². The first kappa shape index (κ1) is 12.6. The highest BCUT2D eigenvalue weighted by molar-refractivity contribution is 5.94. The summed E-state index contributed by atoms with van der Waals surface area (Å²) in [7, 11) is 0. The van der Waals surface area contributed by atoms with E-state index in [0.29, 0.717) is 5.69 Å². The van der Waals surface area contributed by atoms with Gasteiger partial charge in [0, 0.05) is 6.20 Å². The molecule has 0 fully saturated rings. The molecule has 98 valence electrons. The van der Waals surface area contributed by atoms with Gasteiger partial charge in [0.25, 0.3) is 0 Å². The number of hydrogen-bond donors (Lipinski definition) is 3. The maximum Gasteiger partial charge on any atom is 0.223 e. The van der Waals surface area contributed by atoms with E-state index in [1.165, 1.54) is 0 Å². The van der Waals surface area contributed by atoms with Crippen molar-refractivity contribution in [3.63, 3.8) is 0 Å². The topological polar surface area (TPSA) is 121 Å². The second kappa shape index (κ2) is 5.21. The number of hydrogen-bond acceptors (Lipinski definition) is 2. The Morgan fingerprint density at radius 2 is 1.89 bits per heavy atom. The summed E-state index contributed by atoms with van der Waals surface area (Å²) in [6.45, 7) is 1.91. The van der Waals surface area contributed by atoms with Crippen LogP contribution >= 0.6 is 0 Å². The van der Waals surface area contributed by atoms with Gasteiger partial charge in [-0.1, -0.05) is 12.1 Å². The molecule has 0 saturated carbocycles. The highest BCUT2D eigenvalue weighted by atomic mass is 15.3. The molecule has 0 aliphatic rings. The summed E-state index contributed by atoms with van der Waals surface area (Å²) >= 11 is 0. The number of aliphatic imine (C=N–C) groups is 2. The van der Waals surface area contributed by atoms with E-state index in [1.54, 1.807) is 10.7 Å². The Morgan fingerprint density at radius 3 is 2.53 bits per heavy atom. The average Bonchev–Trinajstić information content (AvgIpc) is 2.75. The van der Waals surface area contributed by atoms with E-state index in [-0.39, 0.29) is 11.9 Å². The van der Waals surface area contributed by atoms with E-state index in [0.717, 1.165) is 11.4 Å². The Labute approximate surface area is 110 Å². The Morgan fingerprint density at radius 1 is 1.16 bits per heavy atom. The first-order chi connectivity index (χ1) is 9.06. The molecular weight excluding hydrogens is 242 g/mol. The largest absolute Gasteiger partial charge is 0.370 e. The third-order valence-corrected chi connectivity index (χ3v) is 2.33. The molecule has 0 radical (unpaired) electrons. The molecule has 7 nitrogen and oxygen atoms in total. The normalized spacial score (nSPS) is 11.3. The summed E-state index contributed by atoms with van der Waals surface area (Å²) in [6.07, 6.45) is 1.85. The van der Waals surface area contributed by atoms with E-state index >= 15 is 0 Å². The van der Waals surface area contributed by atoms with Crippen LogP contribution < -0.4 is 17.2 Å². The van der Waals surface area contributed by atoms with Crippen LogP contribution in [0.5, 0.6) is 0 Å². The molecule has 0 aliphatic carbocycles. The third kappa shape index (κ3) is 3.09. The van der Waals surface area contributed by atoms with Crippen molar-refractivity contribution in [1.29, 1.82) is 0 Å². The predicted molar refractivity (Wildman–Crippen MR) is 75.4 cm³/mol. The minimum atomic E-state index is -0.131. The lowest BCUT2D eigenvalue weighted by molar-refractivity contribution is 0.862. The number of rotatable bonds is 2. The molecule has 0 bridgehead atoms. The Balaban J connectivity index is 2.45. The summed E-state index contributed by atoms with van der Waals surface area (Å²) in [4.78, 5) is 7.85. The van der Waals surface area contributed by atoms with Gasteiger partial charge in [0.05, 0.1) is 17.1 Å². The van der Waals surface area contributed by atoms with Gasteiger partial charge >= 0.3 is 0 Å². The van der Waals surface area contributed by atoms with Gasteiger partial charge < -0.3 is 17.2 Å². The standard InChI is InChI=1S/C12H15N7/c1-8-6-7-19(18-8)10-5-3-2-4-9(10)16-12(15)17-11(13)14/h2-7H,1H3,(H6,13,14,15,16,17). The molecule has 1 aromatic carbocycles. The number of benzene rings is 1. The van der Waals surface area contributed by atoms with Crippen molar-refractivity contribution < 1.29 is 0 Å². The van der Waals surface area contributed by atoms with Crippen LogP contribution in [-0.2, 0) is 0 Å². The molecule has 6 N–H and O–H groups in total. The first-order valence-corrected chi connectivity index (χ1v) is 5.62. The summed E-state index contributed by atoms with van der Waals surface area (Å²) in [5, 5.41) is 4.33. The lowest BCUT2D eigenvalue weighted by Crippen LogP contribution is -2.26. The zero-order valence-corrected chi connectivity index (χ0v) is 10.5. The molecular formula is C12H15N7. The Kier molecular flexibility index (Phi) is 3.46. The van der Waals surface area contributed by atoms with Gasteiger partial charge in [-0.3, -0.25) is 0 Å². The molecule has 0 aliphatic heterocycles. The molecule has 7 heteroatoms. The van der Waals surface area contributed by atoms with E-state index in [2.05, 4.69) is 15.1 Å². The second-order valence-electron chi connectivity index (χ2n) is 3.90. The summed E-state index contributed by atoms with van der Waals surface area (Å²) < 4.78 is 1.72. The number of nitrogens with zero attached hydrogens (tertiary/aromatic N) is 4. The molecule has 0 saturated heterocycles. The molecule has 0 atom stereocenters. The molecule has 1 heterocycles. The van der Waals surface area contributed by atoms with Crippen LogP contribution in [0.4, 0.5) is 5.69 Å². The van der Waals surface area contributed by atoms with Crippen LogP contribution in [0, 0.1) is 6.92 Å². The van der Waals surface area contributed by atoms with Gasteiger partial charge in [-0.25, -0.2) is 9.67 Å². The van der Waals surface area contributed by atoms with Crippen LogP contribution in [0.15, 0.2) is 46.5 Å². The van der Waals surface area contributed by atoms with Crippen LogP contribution in [-0.4, -0.2) is 21.7 Å². The molecule has 19 heavy (non-hydrogen) atoms. The highest BCUT2D eigenvalue weighted by Gasteiger charge is 2.04. The second-order valence-corrected chi connectivity index (χ2v) is 3.90. The first-order valence-electron chi connectivity index (χ1n) is 5.62. The third-order valence-electron chi connectivity index (χ3n) is 2.33. The van der Waals surface area contributed by atoms with Gasteiger partial charge in [0.2, 0.25) is 5.96 Å². The van der Waals surface area contributed by atoms with E-state index in [4.69, 9.17) is 17.2 Å². The van der Waals surface area contributed by atoms with Crippen molar-refractivity contribution in [2.24, 2.45) is 27.2 Å². The highest BCUT2D eigenvalue weighted by Crippen LogP contribution is 2.22. The summed E-state index contributed by atoms with van der Waals surface area (Å²) in [5.41, 5.74) is 18.5. The van der Waals surface area contributed by atoms with Gasteiger partial charge in [-0.2, -0.15) is 10.1 Å². The summed E-state index contributed by atoms with van der Waals surface area (Å²) in [6, 6.07) is 9.33. The van der Waals surface area contributed by atoms with Crippen LogP contribution in [0.3, 0.4) is 0 Å². The van der Waals surface area contributed by atoms with Crippen molar-refractivity contribution in [1.82, 2.24) is 9.78 Å². The maximum absolute atomic E-state index is 5.63. The predicted octanol–water partition coefficient (Wildman–Crippen LogP) is 0.400. The van der Waals surface area contributed by atoms with Crippen molar-refractivity contribution in [2.75, 3.05) is 0 Å². The average molecular weight is 257 g/mol. The lowest BCUT2D eigenvalue weighted by Gasteiger charge is -2.05. The van der Waals surface area contributed by atoms with Crippen LogP contribution in [0.2, 0.25) is 0 Å². The van der Waals surface area contributed by atoms with Crippen molar-refractivity contribution in [2.45, 2.75) is 6.92 Å². The smallest absolute Gasteiger partial charge is 0.223 e. The molecule has 2 rings (SSSR count). The van der Waals surface area contributed by atoms with E-state index in [9.17, 15) is 0 Å².